The fourth-order valence-corrected chi connectivity index (χ4v) is 1.48. The van der Waals surface area contributed by atoms with E-state index in [1.54, 1.807) is 0 Å². The van der Waals surface area contributed by atoms with E-state index in [4.69, 9.17) is 0 Å². The number of aryl methyl sites for hydroxylation is 1. The third kappa shape index (κ3) is 4.79. The van der Waals surface area contributed by atoms with Gasteiger partial charge in [0, 0.05) is 25.0 Å². The zero-order valence-electron chi connectivity index (χ0n) is 11.0. The van der Waals surface area contributed by atoms with Crippen LogP contribution in [0.5, 0.6) is 0 Å². The molecule has 16 heavy (non-hydrogen) atoms. The average molecular weight is 223 g/mol. The number of hydrogen-bond acceptors (Lipinski definition) is 2. The maximum atomic E-state index is 4.20. The van der Waals surface area contributed by atoms with Crippen LogP contribution >= 0.6 is 0 Å². The zero-order chi connectivity index (χ0) is 12.0. The maximum Gasteiger partial charge on any atom is 0.0489 e. The van der Waals surface area contributed by atoms with Gasteiger partial charge in [0.2, 0.25) is 0 Å². The number of nitrogens with one attached hydrogen (secondary N) is 1. The predicted molar refractivity (Wildman–Crippen MR) is 68.3 cm³/mol. The first-order valence-electron chi connectivity index (χ1n) is 6.30. The molecule has 92 valence electrons. The molecule has 0 aliphatic carbocycles. The summed E-state index contributed by atoms with van der Waals surface area (Å²) in [5.41, 5.74) is 0. The van der Waals surface area contributed by atoms with Crippen LogP contribution in [0.15, 0.2) is 18.5 Å². The SMILES string of the molecule is CC(CCn1cccn1)NCC(C)C(C)C. The molecule has 2 atom stereocenters. The first-order valence-corrected chi connectivity index (χ1v) is 6.30. The third-order valence-electron chi connectivity index (χ3n) is 3.28. The summed E-state index contributed by atoms with van der Waals surface area (Å²) < 4.78 is 1.99. The number of aromatic nitrogens is 2. The van der Waals surface area contributed by atoms with Crippen LogP contribution in [0.4, 0.5) is 0 Å². The molecule has 3 heteroatoms. The highest BCUT2D eigenvalue weighted by Gasteiger charge is 2.08. The Bertz CT molecular complexity index is 267. The second-order valence-corrected chi connectivity index (χ2v) is 5.09. The van der Waals surface area contributed by atoms with Gasteiger partial charge < -0.3 is 5.32 Å². The van der Waals surface area contributed by atoms with Gasteiger partial charge in [0.1, 0.15) is 0 Å². The van der Waals surface area contributed by atoms with Crippen molar-refractivity contribution in [2.45, 2.75) is 46.7 Å². The minimum absolute atomic E-state index is 0.561. The lowest BCUT2D eigenvalue weighted by atomic mass is 9.98. The Morgan fingerprint density at radius 1 is 1.25 bits per heavy atom. The molecule has 1 aromatic rings. The fraction of sp³-hybridized carbons (Fsp3) is 0.769. The summed E-state index contributed by atoms with van der Waals surface area (Å²) in [4.78, 5) is 0. The van der Waals surface area contributed by atoms with Crippen molar-refractivity contribution >= 4 is 0 Å². The topological polar surface area (TPSA) is 29.9 Å². The van der Waals surface area contributed by atoms with Gasteiger partial charge in [-0.05, 0) is 37.8 Å². The molecule has 0 bridgehead atoms. The third-order valence-corrected chi connectivity index (χ3v) is 3.28. The summed E-state index contributed by atoms with van der Waals surface area (Å²) in [7, 11) is 0. The molecule has 0 saturated heterocycles. The van der Waals surface area contributed by atoms with E-state index in [-0.39, 0.29) is 0 Å². The van der Waals surface area contributed by atoms with E-state index in [1.165, 1.54) is 0 Å². The van der Waals surface area contributed by atoms with E-state index in [2.05, 4.69) is 38.1 Å². The van der Waals surface area contributed by atoms with Crippen LogP contribution in [0, 0.1) is 11.8 Å². The van der Waals surface area contributed by atoms with Gasteiger partial charge >= 0.3 is 0 Å². The molecule has 0 amide bonds. The normalized spacial score (nSPS) is 15.3. The van der Waals surface area contributed by atoms with Gasteiger partial charge in [-0.1, -0.05) is 20.8 Å². The summed E-state index contributed by atoms with van der Waals surface area (Å²) in [6.07, 6.45) is 4.98. The Morgan fingerprint density at radius 2 is 2.00 bits per heavy atom. The van der Waals surface area contributed by atoms with Gasteiger partial charge in [0.25, 0.3) is 0 Å². The van der Waals surface area contributed by atoms with E-state index in [0.29, 0.717) is 6.04 Å². The molecule has 1 N–H and O–H groups in total. The van der Waals surface area contributed by atoms with Crippen LogP contribution < -0.4 is 5.32 Å². The van der Waals surface area contributed by atoms with Gasteiger partial charge in [0.05, 0.1) is 0 Å². The molecule has 0 aromatic carbocycles. The zero-order valence-corrected chi connectivity index (χ0v) is 11.0. The maximum absolute atomic E-state index is 4.20. The fourth-order valence-electron chi connectivity index (χ4n) is 1.48. The highest BCUT2D eigenvalue weighted by Crippen LogP contribution is 2.08. The first kappa shape index (κ1) is 13.2. The number of nitrogens with zero attached hydrogens (tertiary/aromatic N) is 2. The second kappa shape index (κ2) is 6.69. The molecule has 3 nitrogen and oxygen atoms in total. The van der Waals surface area contributed by atoms with Crippen LogP contribution in [0.2, 0.25) is 0 Å². The van der Waals surface area contributed by atoms with E-state index in [9.17, 15) is 0 Å². The van der Waals surface area contributed by atoms with Gasteiger partial charge in [-0.3, -0.25) is 4.68 Å². The lowest BCUT2D eigenvalue weighted by Gasteiger charge is -2.20. The minimum Gasteiger partial charge on any atom is -0.314 e. The summed E-state index contributed by atoms with van der Waals surface area (Å²) in [5.74, 6) is 1.50. The molecule has 0 aliphatic rings. The Morgan fingerprint density at radius 3 is 2.56 bits per heavy atom. The smallest absolute Gasteiger partial charge is 0.0489 e. The van der Waals surface area contributed by atoms with Crippen molar-refractivity contribution in [3.05, 3.63) is 18.5 Å². The van der Waals surface area contributed by atoms with E-state index in [0.717, 1.165) is 31.3 Å². The van der Waals surface area contributed by atoms with Crippen LogP contribution in [0.3, 0.4) is 0 Å². The quantitative estimate of drug-likeness (QED) is 0.770. The van der Waals surface area contributed by atoms with Gasteiger partial charge in [-0.15, -0.1) is 0 Å². The Labute approximate surface area is 99.2 Å². The molecule has 0 fully saturated rings. The Hall–Kier alpha value is -0.830. The molecule has 2 unspecified atom stereocenters. The van der Waals surface area contributed by atoms with Crippen molar-refractivity contribution < 1.29 is 0 Å². The van der Waals surface area contributed by atoms with Gasteiger partial charge in [0.15, 0.2) is 0 Å². The largest absolute Gasteiger partial charge is 0.314 e. The Kier molecular flexibility index (Phi) is 5.53. The van der Waals surface area contributed by atoms with E-state index >= 15 is 0 Å². The highest BCUT2D eigenvalue weighted by atomic mass is 15.3. The van der Waals surface area contributed by atoms with Crippen molar-refractivity contribution in [2.75, 3.05) is 6.54 Å². The molecule has 0 radical (unpaired) electrons. The number of hydrogen-bond donors (Lipinski definition) is 1. The average Bonchev–Trinajstić information content (AvgIpc) is 2.75. The summed E-state index contributed by atoms with van der Waals surface area (Å²) in [6, 6.07) is 2.53. The highest BCUT2D eigenvalue weighted by molar-refractivity contribution is 4.78. The molecular weight excluding hydrogens is 198 g/mol. The lowest BCUT2D eigenvalue weighted by molar-refractivity contribution is 0.359. The van der Waals surface area contributed by atoms with Crippen LogP contribution in [0.25, 0.3) is 0 Å². The number of rotatable bonds is 7. The van der Waals surface area contributed by atoms with Gasteiger partial charge in [-0.25, -0.2) is 0 Å². The van der Waals surface area contributed by atoms with Crippen molar-refractivity contribution in [3.63, 3.8) is 0 Å². The first-order chi connectivity index (χ1) is 7.59. The van der Waals surface area contributed by atoms with Gasteiger partial charge in [-0.2, -0.15) is 5.10 Å². The Balaban J connectivity index is 2.13. The molecule has 0 aliphatic heterocycles. The molecule has 0 spiro atoms. The van der Waals surface area contributed by atoms with Crippen LogP contribution in [0.1, 0.15) is 34.1 Å². The lowest BCUT2D eigenvalue weighted by Crippen LogP contribution is -2.32. The molecule has 1 heterocycles. The monoisotopic (exact) mass is 223 g/mol. The van der Waals surface area contributed by atoms with Crippen molar-refractivity contribution in [1.82, 2.24) is 15.1 Å². The second-order valence-electron chi connectivity index (χ2n) is 5.09. The molecule has 1 rings (SSSR count). The van der Waals surface area contributed by atoms with Crippen molar-refractivity contribution in [3.8, 4) is 0 Å². The summed E-state index contributed by atoms with van der Waals surface area (Å²) in [5, 5.41) is 7.79. The van der Waals surface area contributed by atoms with Crippen LogP contribution in [-0.2, 0) is 6.54 Å². The molecular formula is C13H25N3. The van der Waals surface area contributed by atoms with Crippen molar-refractivity contribution in [2.24, 2.45) is 11.8 Å². The van der Waals surface area contributed by atoms with E-state index < -0.39 is 0 Å². The summed E-state index contributed by atoms with van der Waals surface area (Å²) >= 11 is 0. The van der Waals surface area contributed by atoms with Crippen LogP contribution in [-0.4, -0.2) is 22.4 Å². The standard InChI is InChI=1S/C13H25N3/c1-11(2)12(3)10-14-13(4)6-9-16-8-5-7-15-16/h5,7-8,11-14H,6,9-10H2,1-4H3. The summed E-state index contributed by atoms with van der Waals surface area (Å²) in [6.45, 7) is 11.2. The van der Waals surface area contributed by atoms with E-state index in [1.807, 2.05) is 23.1 Å². The molecule has 1 aromatic heterocycles. The minimum atomic E-state index is 0.561. The van der Waals surface area contributed by atoms with Crippen molar-refractivity contribution in [1.29, 1.82) is 0 Å². The molecule has 0 saturated carbocycles. The predicted octanol–water partition coefficient (Wildman–Crippen LogP) is 2.54.